The lowest BCUT2D eigenvalue weighted by atomic mass is 9.95. The first-order valence-electron chi connectivity index (χ1n) is 21.9. The molecule has 0 aliphatic carbocycles. The Hall–Kier alpha value is -4.93. The van der Waals surface area contributed by atoms with Crippen LogP contribution in [-0.4, -0.2) is 189 Å². The van der Waals surface area contributed by atoms with E-state index in [4.69, 9.17) is 72.9 Å². The summed E-state index contributed by atoms with van der Waals surface area (Å²) in [4.78, 5) is 81.5. The van der Waals surface area contributed by atoms with E-state index in [0.717, 1.165) is 40.2 Å². The third-order valence-electron chi connectivity index (χ3n) is 9.84. The molecule has 15 atom stereocenters. The van der Waals surface area contributed by atoms with Crippen molar-refractivity contribution in [3.05, 3.63) is 35.9 Å². The first-order valence-corrected chi connectivity index (χ1v) is 21.9. The van der Waals surface area contributed by atoms with Crippen LogP contribution in [0.4, 0.5) is 0 Å². The highest BCUT2D eigenvalue weighted by atomic mass is 16.8. The van der Waals surface area contributed by atoms with Crippen LogP contribution in [0.15, 0.2) is 30.3 Å². The fourth-order valence-electron chi connectivity index (χ4n) is 6.27. The second-order valence-corrected chi connectivity index (χ2v) is 18.2. The summed E-state index contributed by atoms with van der Waals surface area (Å²) >= 11 is 0. The van der Waals surface area contributed by atoms with Crippen molar-refractivity contribution < 1.29 is 121 Å². The number of carbonyl (C=O) groups excluding carboxylic acids is 7. The monoisotopic (exact) mass is 1060 g/mol. The second kappa shape index (κ2) is 31.7. The molecule has 6 unspecified atom stereocenters. The number of hydrogen-bond acceptors (Lipinski definition) is 25. The molecule has 73 heavy (non-hydrogen) atoms. The van der Waals surface area contributed by atoms with Crippen molar-refractivity contribution >= 4 is 41.8 Å². The van der Waals surface area contributed by atoms with Gasteiger partial charge < -0.3 is 87.9 Å². The Morgan fingerprint density at radius 1 is 0.479 bits per heavy atom. The van der Waals surface area contributed by atoms with E-state index < -0.39 is 158 Å². The molecule has 0 saturated carbocycles. The molecule has 7 N–H and O–H groups in total. The van der Waals surface area contributed by atoms with E-state index in [2.05, 4.69) is 4.74 Å². The van der Waals surface area contributed by atoms with Gasteiger partial charge in [-0.05, 0) is 47.1 Å². The zero-order valence-corrected chi connectivity index (χ0v) is 40.9. The van der Waals surface area contributed by atoms with E-state index in [1.54, 1.807) is 41.5 Å². The predicted molar refractivity (Wildman–Crippen MR) is 252 cm³/mol. The lowest BCUT2D eigenvalue weighted by molar-refractivity contribution is -0.308. The summed E-state index contributed by atoms with van der Waals surface area (Å²) in [5, 5.41) is 66.1. The summed E-state index contributed by atoms with van der Waals surface area (Å²) in [7, 11) is 0. The van der Waals surface area contributed by atoms with E-state index in [1.807, 2.05) is 30.3 Å². The number of benzene rings is 1. The van der Waals surface area contributed by atoms with E-state index in [-0.39, 0.29) is 35.5 Å². The fraction of sp³-hybridized carbons (Fsp3) is 0.729. The fourth-order valence-corrected chi connectivity index (χ4v) is 6.27. The summed E-state index contributed by atoms with van der Waals surface area (Å²) in [6, 6.07) is 9.27. The molecule has 3 aliphatic heterocycles. The minimum atomic E-state index is -1.57. The molecule has 422 valence electrons. The Kier molecular flexibility index (Phi) is 30.5. The van der Waals surface area contributed by atoms with Gasteiger partial charge in [-0.3, -0.25) is 33.6 Å². The number of carbonyl (C=O) groups is 7. The van der Waals surface area contributed by atoms with Gasteiger partial charge in [0.25, 0.3) is 0 Å². The summed E-state index contributed by atoms with van der Waals surface area (Å²) < 4.78 is 57.5. The number of aliphatic hydroxyl groups is 7. The van der Waals surface area contributed by atoms with Gasteiger partial charge in [-0.2, -0.15) is 0 Å². The average Bonchev–Trinajstić information content (AvgIpc) is 3.25. The molecule has 3 aliphatic rings. The molecule has 3 saturated heterocycles. The minimum absolute atomic E-state index is 0. The van der Waals surface area contributed by atoms with Gasteiger partial charge >= 0.3 is 41.8 Å². The molecule has 25 heteroatoms. The summed E-state index contributed by atoms with van der Waals surface area (Å²) in [6.45, 7) is 14.6. The molecular weight excluding hydrogens is 977 g/mol. The lowest BCUT2D eigenvalue weighted by Crippen LogP contribution is -2.63. The SMILES string of the molecule is C.C.C.CC(=O)OCC1OC(OC(C)=O)[C@@H](OC(C)=O)[C@@H](OC(C)=O)[C@H]1OC(C)=O.CC(C)(C)C(=O)OCC1OC(OCc2ccccc2)[C@@H](O)[C@@H](OC(=O)C(C)(C)C)[C@H]1O.OCC1OC(O)[C@@H](O)[C@@H](O)[C@H]1O. The van der Waals surface area contributed by atoms with Gasteiger partial charge in [0.1, 0.15) is 62.0 Å². The molecule has 0 amide bonds. The van der Waals surface area contributed by atoms with Crippen LogP contribution in [0.25, 0.3) is 0 Å². The highest BCUT2D eigenvalue weighted by Gasteiger charge is 2.54. The minimum Gasteiger partial charge on any atom is -0.463 e. The van der Waals surface area contributed by atoms with Crippen molar-refractivity contribution in [1.82, 2.24) is 0 Å². The number of hydrogen-bond donors (Lipinski definition) is 7. The smallest absolute Gasteiger partial charge is 0.311 e. The molecule has 0 bridgehead atoms. The molecule has 0 aromatic heterocycles. The van der Waals surface area contributed by atoms with E-state index in [1.165, 1.54) is 0 Å². The van der Waals surface area contributed by atoms with Crippen molar-refractivity contribution in [3.63, 3.8) is 0 Å². The summed E-state index contributed by atoms with van der Waals surface area (Å²) in [6.07, 6.45) is -20.1. The molecule has 1 aromatic carbocycles. The highest BCUT2D eigenvalue weighted by molar-refractivity contribution is 5.76. The Bertz CT molecular complexity index is 1860. The van der Waals surface area contributed by atoms with Crippen LogP contribution in [0.1, 0.15) is 104 Å². The zero-order chi connectivity index (χ0) is 53.4. The Morgan fingerprint density at radius 2 is 0.959 bits per heavy atom. The topological polar surface area (TPSA) is 363 Å². The van der Waals surface area contributed by atoms with E-state index in [0.29, 0.717) is 0 Å². The van der Waals surface area contributed by atoms with Gasteiger partial charge in [0.15, 0.2) is 30.9 Å². The number of rotatable bonds is 13. The van der Waals surface area contributed by atoms with Gasteiger partial charge in [0, 0.05) is 34.6 Å². The zero-order valence-electron chi connectivity index (χ0n) is 40.9. The normalized spacial score (nSPS) is 29.5. The molecule has 3 heterocycles. The van der Waals surface area contributed by atoms with Crippen LogP contribution in [0.5, 0.6) is 0 Å². The van der Waals surface area contributed by atoms with Crippen LogP contribution < -0.4 is 0 Å². The molecule has 0 spiro atoms. The van der Waals surface area contributed by atoms with Crippen molar-refractivity contribution in [3.8, 4) is 0 Å². The third-order valence-corrected chi connectivity index (χ3v) is 9.84. The Balaban J connectivity index is 0. The van der Waals surface area contributed by atoms with E-state index >= 15 is 0 Å². The number of esters is 7. The predicted octanol–water partition coefficient (Wildman–Crippen LogP) is 0.517. The molecule has 1 aromatic rings. The van der Waals surface area contributed by atoms with Crippen molar-refractivity contribution in [2.24, 2.45) is 10.8 Å². The van der Waals surface area contributed by atoms with E-state index in [9.17, 15) is 43.8 Å². The van der Waals surface area contributed by atoms with Gasteiger partial charge in [0.05, 0.1) is 24.0 Å². The summed E-state index contributed by atoms with van der Waals surface area (Å²) in [5.74, 6) is -4.78. The van der Waals surface area contributed by atoms with Gasteiger partial charge in [-0.25, -0.2) is 0 Å². The van der Waals surface area contributed by atoms with Gasteiger partial charge in [-0.15, -0.1) is 0 Å². The van der Waals surface area contributed by atoms with Crippen molar-refractivity contribution in [1.29, 1.82) is 0 Å². The molecule has 3 fully saturated rings. The first-order chi connectivity index (χ1) is 32.4. The third kappa shape index (κ3) is 22.6. The van der Waals surface area contributed by atoms with Crippen molar-refractivity contribution in [2.75, 3.05) is 19.8 Å². The number of aliphatic hydroxyl groups excluding tert-OH is 7. The van der Waals surface area contributed by atoms with Crippen LogP contribution in [-0.2, 0) is 92.3 Å². The molecule has 0 radical (unpaired) electrons. The molecular formula is C48H80O25. The Morgan fingerprint density at radius 3 is 1.44 bits per heavy atom. The largest absolute Gasteiger partial charge is 0.463 e. The average molecular weight is 1060 g/mol. The van der Waals surface area contributed by atoms with Crippen LogP contribution in [0.2, 0.25) is 0 Å². The van der Waals surface area contributed by atoms with Gasteiger partial charge in [0.2, 0.25) is 12.4 Å². The second-order valence-electron chi connectivity index (χ2n) is 18.2. The first kappa shape index (κ1) is 70.1. The standard InChI is InChI=1S/C23H34O8.C16H22O11.C6H12O6.3CH4/c1-22(2,3)20(26)29-13-15-16(24)18(31-21(27)23(4,5)6)17(25)19(30-15)28-12-14-10-8-7-9-11-14;1-7(17)22-6-12-13(23-8(2)18)14(24-9(3)19)15(25-10(4)20)16(27-12)26-11(5)21;7-1-2-3(8)4(9)5(10)6(11)12-2;;;/h7-11,15-19,24-25H,12-13H2,1-6H3;12-16H,6H2,1-5H3;2-11H,1H2;3*1H4/t15?,16-,17-,18-,19?;12?,13-,14-,15-,16?;2?,3-,4-,5-,6?;;;/m000.../s1. The molecule has 4 rings (SSSR count). The maximum atomic E-state index is 12.4. The van der Waals surface area contributed by atoms with Crippen LogP contribution in [0, 0.1) is 10.8 Å². The Labute approximate surface area is 426 Å². The molecule has 25 nitrogen and oxygen atoms in total. The van der Waals surface area contributed by atoms with Crippen LogP contribution in [0.3, 0.4) is 0 Å². The summed E-state index contributed by atoms with van der Waals surface area (Å²) in [5.41, 5.74) is -0.726. The quantitative estimate of drug-likeness (QED) is 0.105. The van der Waals surface area contributed by atoms with Crippen LogP contribution >= 0.6 is 0 Å². The maximum absolute atomic E-state index is 12.4. The highest BCUT2D eigenvalue weighted by Crippen LogP contribution is 2.31. The van der Waals surface area contributed by atoms with Crippen molar-refractivity contribution in [2.45, 2.75) is 197 Å². The number of ether oxygens (including phenoxy) is 11. The maximum Gasteiger partial charge on any atom is 0.311 e. The lowest BCUT2D eigenvalue weighted by Gasteiger charge is -2.43. The van der Waals surface area contributed by atoms with Gasteiger partial charge in [-0.1, -0.05) is 52.6 Å².